The number of carbonyl (C=O) groups excluding carboxylic acids is 1. The van der Waals surface area contributed by atoms with Crippen molar-refractivity contribution in [3.63, 3.8) is 0 Å². The lowest BCUT2D eigenvalue weighted by Gasteiger charge is -2.13. The van der Waals surface area contributed by atoms with E-state index >= 15 is 0 Å². The Hall–Kier alpha value is -2.21. The summed E-state index contributed by atoms with van der Waals surface area (Å²) in [4.78, 5) is 12.3. The first-order chi connectivity index (χ1) is 10.6. The second kappa shape index (κ2) is 7.17. The van der Waals surface area contributed by atoms with Gasteiger partial charge in [-0.25, -0.2) is 9.07 Å². The van der Waals surface area contributed by atoms with Gasteiger partial charge in [0.05, 0.1) is 29.7 Å². The van der Waals surface area contributed by atoms with Gasteiger partial charge in [-0.3, -0.25) is 4.79 Å². The Bertz CT molecular complexity index is 637. The van der Waals surface area contributed by atoms with Crippen LogP contribution in [0.3, 0.4) is 0 Å². The zero-order chi connectivity index (χ0) is 16.1. The Balaban J connectivity index is 2.27. The van der Waals surface area contributed by atoms with Crippen molar-refractivity contribution in [2.75, 3.05) is 13.7 Å². The van der Waals surface area contributed by atoms with Gasteiger partial charge in [0, 0.05) is 13.2 Å². The predicted molar refractivity (Wildman–Crippen MR) is 81.7 cm³/mol. The van der Waals surface area contributed by atoms with Gasteiger partial charge >= 0.3 is 0 Å². The Morgan fingerprint density at radius 1 is 1.41 bits per heavy atom. The fourth-order valence-electron chi connectivity index (χ4n) is 2.30. The average molecular weight is 305 g/mol. The Morgan fingerprint density at radius 2 is 2.09 bits per heavy atom. The standard InChI is InChI=1S/C16H20FN3O2/c1-4-15-14(16(21)19-11(2)10-22-3)9-18-20(15)13-7-5-12(17)6-8-13/h5-9,11H,4,10H2,1-3H3,(H,19,21)/t11-/m1/s1. The number of rotatable bonds is 6. The maximum Gasteiger partial charge on any atom is 0.255 e. The van der Waals surface area contributed by atoms with E-state index in [4.69, 9.17) is 4.74 Å². The molecule has 0 spiro atoms. The van der Waals surface area contributed by atoms with Crippen molar-refractivity contribution >= 4 is 5.91 Å². The van der Waals surface area contributed by atoms with E-state index < -0.39 is 0 Å². The summed E-state index contributed by atoms with van der Waals surface area (Å²) < 4.78 is 19.7. The quantitative estimate of drug-likeness (QED) is 0.891. The summed E-state index contributed by atoms with van der Waals surface area (Å²) in [6.45, 7) is 4.27. The minimum Gasteiger partial charge on any atom is -0.383 e. The molecule has 6 heteroatoms. The third-order valence-corrected chi connectivity index (χ3v) is 3.31. The zero-order valence-electron chi connectivity index (χ0n) is 13.0. The van der Waals surface area contributed by atoms with Gasteiger partial charge in [-0.2, -0.15) is 5.10 Å². The molecular weight excluding hydrogens is 285 g/mol. The largest absolute Gasteiger partial charge is 0.383 e. The number of benzene rings is 1. The molecular formula is C16H20FN3O2. The van der Waals surface area contributed by atoms with Crippen LogP contribution in [0.4, 0.5) is 4.39 Å². The van der Waals surface area contributed by atoms with Gasteiger partial charge in [0.15, 0.2) is 0 Å². The summed E-state index contributed by atoms with van der Waals surface area (Å²) in [6, 6.07) is 5.93. The Kier molecular flexibility index (Phi) is 5.27. The molecule has 2 aromatic rings. The molecule has 0 bridgehead atoms. The predicted octanol–water partition coefficient (Wildman–Crippen LogP) is 2.34. The molecule has 22 heavy (non-hydrogen) atoms. The van der Waals surface area contributed by atoms with Gasteiger partial charge in [-0.15, -0.1) is 0 Å². The number of nitrogens with one attached hydrogen (secondary N) is 1. The van der Waals surface area contributed by atoms with Crippen LogP contribution in [0, 0.1) is 5.82 Å². The highest BCUT2D eigenvalue weighted by molar-refractivity contribution is 5.95. The van der Waals surface area contributed by atoms with E-state index in [1.165, 1.54) is 18.3 Å². The second-order valence-corrected chi connectivity index (χ2v) is 5.08. The number of amides is 1. The highest BCUT2D eigenvalue weighted by Gasteiger charge is 2.18. The first-order valence-corrected chi connectivity index (χ1v) is 7.19. The minimum atomic E-state index is -0.305. The van der Waals surface area contributed by atoms with Crippen molar-refractivity contribution in [1.29, 1.82) is 0 Å². The average Bonchev–Trinajstić information content (AvgIpc) is 2.92. The van der Waals surface area contributed by atoms with Crippen LogP contribution in [0.25, 0.3) is 5.69 Å². The summed E-state index contributed by atoms with van der Waals surface area (Å²) >= 11 is 0. The summed E-state index contributed by atoms with van der Waals surface area (Å²) in [5.74, 6) is -0.491. The molecule has 2 rings (SSSR count). The van der Waals surface area contributed by atoms with Gasteiger partial charge in [0.25, 0.3) is 5.91 Å². The van der Waals surface area contributed by atoms with E-state index in [1.807, 2.05) is 13.8 Å². The summed E-state index contributed by atoms with van der Waals surface area (Å²) in [5.41, 5.74) is 2.03. The molecule has 0 unspecified atom stereocenters. The number of aromatic nitrogens is 2. The van der Waals surface area contributed by atoms with Crippen molar-refractivity contribution in [1.82, 2.24) is 15.1 Å². The van der Waals surface area contributed by atoms with Crippen LogP contribution in [0.5, 0.6) is 0 Å². The number of nitrogens with zero attached hydrogens (tertiary/aromatic N) is 2. The maximum atomic E-state index is 13.0. The smallest absolute Gasteiger partial charge is 0.255 e. The monoisotopic (exact) mass is 305 g/mol. The van der Waals surface area contributed by atoms with Gasteiger partial charge in [0.1, 0.15) is 5.82 Å². The topological polar surface area (TPSA) is 56.1 Å². The normalized spacial score (nSPS) is 12.2. The number of ether oxygens (including phenoxy) is 1. The first-order valence-electron chi connectivity index (χ1n) is 7.19. The molecule has 0 saturated carbocycles. The summed E-state index contributed by atoms with van der Waals surface area (Å²) in [6.07, 6.45) is 2.18. The molecule has 0 aliphatic heterocycles. The SMILES string of the molecule is CCc1c(C(=O)N[C@H](C)COC)cnn1-c1ccc(F)cc1. The van der Waals surface area contributed by atoms with E-state index in [-0.39, 0.29) is 17.8 Å². The summed E-state index contributed by atoms with van der Waals surface area (Å²) in [7, 11) is 1.59. The van der Waals surface area contributed by atoms with Crippen LogP contribution < -0.4 is 5.32 Å². The first kappa shape index (κ1) is 16.2. The third-order valence-electron chi connectivity index (χ3n) is 3.31. The van der Waals surface area contributed by atoms with Gasteiger partial charge in [-0.05, 0) is 37.6 Å². The minimum absolute atomic E-state index is 0.0867. The van der Waals surface area contributed by atoms with E-state index in [2.05, 4.69) is 10.4 Å². The number of hydrogen-bond donors (Lipinski definition) is 1. The number of hydrogen-bond acceptors (Lipinski definition) is 3. The molecule has 118 valence electrons. The lowest BCUT2D eigenvalue weighted by Crippen LogP contribution is -2.35. The van der Waals surface area contributed by atoms with Gasteiger partial charge < -0.3 is 10.1 Å². The van der Waals surface area contributed by atoms with Crippen LogP contribution in [0.15, 0.2) is 30.5 Å². The number of halogens is 1. The van der Waals surface area contributed by atoms with Crippen molar-refractivity contribution < 1.29 is 13.9 Å². The van der Waals surface area contributed by atoms with Crippen molar-refractivity contribution in [2.24, 2.45) is 0 Å². The van der Waals surface area contributed by atoms with Crippen molar-refractivity contribution in [3.8, 4) is 5.69 Å². The molecule has 0 aliphatic rings. The maximum absolute atomic E-state index is 13.0. The van der Waals surface area contributed by atoms with E-state index in [1.54, 1.807) is 23.9 Å². The molecule has 1 amide bonds. The highest BCUT2D eigenvalue weighted by Crippen LogP contribution is 2.16. The van der Waals surface area contributed by atoms with Crippen LogP contribution in [0.2, 0.25) is 0 Å². The van der Waals surface area contributed by atoms with Gasteiger partial charge in [-0.1, -0.05) is 6.92 Å². The molecule has 1 atom stereocenters. The molecule has 0 saturated heterocycles. The molecule has 1 aromatic carbocycles. The highest BCUT2D eigenvalue weighted by atomic mass is 19.1. The number of carbonyl (C=O) groups is 1. The van der Waals surface area contributed by atoms with E-state index in [0.717, 1.165) is 11.4 Å². The van der Waals surface area contributed by atoms with Crippen molar-refractivity contribution in [3.05, 3.63) is 47.5 Å². The molecule has 5 nitrogen and oxygen atoms in total. The van der Waals surface area contributed by atoms with E-state index in [0.29, 0.717) is 18.6 Å². The fourth-order valence-corrected chi connectivity index (χ4v) is 2.30. The number of methoxy groups -OCH3 is 1. The Morgan fingerprint density at radius 3 is 2.68 bits per heavy atom. The van der Waals surface area contributed by atoms with Crippen molar-refractivity contribution in [2.45, 2.75) is 26.3 Å². The second-order valence-electron chi connectivity index (χ2n) is 5.08. The third kappa shape index (κ3) is 3.51. The molecule has 1 N–H and O–H groups in total. The molecule has 1 heterocycles. The Labute approximate surface area is 129 Å². The summed E-state index contributed by atoms with van der Waals surface area (Å²) in [5, 5.41) is 7.13. The lowest BCUT2D eigenvalue weighted by molar-refractivity contribution is 0.0904. The van der Waals surface area contributed by atoms with Crippen LogP contribution >= 0.6 is 0 Å². The lowest BCUT2D eigenvalue weighted by atomic mass is 10.1. The molecule has 0 aliphatic carbocycles. The van der Waals surface area contributed by atoms with E-state index in [9.17, 15) is 9.18 Å². The van der Waals surface area contributed by atoms with Crippen LogP contribution in [-0.4, -0.2) is 35.4 Å². The molecule has 0 fully saturated rings. The van der Waals surface area contributed by atoms with Crippen LogP contribution in [0.1, 0.15) is 29.9 Å². The molecule has 1 aromatic heterocycles. The van der Waals surface area contributed by atoms with Crippen LogP contribution in [-0.2, 0) is 11.2 Å². The fraction of sp³-hybridized carbons (Fsp3) is 0.375. The zero-order valence-corrected chi connectivity index (χ0v) is 13.0. The van der Waals surface area contributed by atoms with Gasteiger partial charge in [0.2, 0.25) is 0 Å². The molecule has 0 radical (unpaired) electrons.